The molecule has 0 radical (unpaired) electrons. The first kappa shape index (κ1) is 20.5. The summed E-state index contributed by atoms with van der Waals surface area (Å²) in [6, 6.07) is 13.7. The maximum atomic E-state index is 13.0. The van der Waals surface area contributed by atoms with Crippen molar-refractivity contribution in [2.75, 3.05) is 13.7 Å². The van der Waals surface area contributed by atoms with Crippen LogP contribution in [0.15, 0.2) is 59.5 Å². The standard InChI is InChI=1S/C20H24ClNO3S/c1-4-16(2)22(26(23,24)19-13-11-18(21)12-14-19)15-7-9-17-8-5-6-10-20(17)25-3/h5-14,16H,4,15H2,1-3H3/b9-7+. The highest BCUT2D eigenvalue weighted by molar-refractivity contribution is 7.89. The summed E-state index contributed by atoms with van der Waals surface area (Å²) >= 11 is 5.88. The molecular weight excluding hydrogens is 370 g/mol. The van der Waals surface area contributed by atoms with E-state index < -0.39 is 10.0 Å². The minimum absolute atomic E-state index is 0.127. The van der Waals surface area contributed by atoms with Gasteiger partial charge in [-0.3, -0.25) is 0 Å². The van der Waals surface area contributed by atoms with Crippen LogP contribution in [0.25, 0.3) is 6.08 Å². The lowest BCUT2D eigenvalue weighted by Gasteiger charge is -2.26. The number of halogens is 1. The van der Waals surface area contributed by atoms with Crippen LogP contribution in [0.2, 0.25) is 5.02 Å². The van der Waals surface area contributed by atoms with Crippen LogP contribution in [-0.4, -0.2) is 32.4 Å². The van der Waals surface area contributed by atoms with Gasteiger partial charge in [-0.05, 0) is 43.7 Å². The van der Waals surface area contributed by atoms with E-state index in [2.05, 4.69) is 0 Å². The lowest BCUT2D eigenvalue weighted by molar-refractivity contribution is 0.355. The Morgan fingerprint density at radius 3 is 2.42 bits per heavy atom. The number of hydrogen-bond donors (Lipinski definition) is 0. The zero-order chi connectivity index (χ0) is 19.2. The molecule has 0 N–H and O–H groups in total. The minimum Gasteiger partial charge on any atom is -0.496 e. The number of nitrogens with zero attached hydrogens (tertiary/aromatic N) is 1. The van der Waals surface area contributed by atoms with Gasteiger partial charge in [0.25, 0.3) is 0 Å². The highest BCUT2D eigenvalue weighted by Gasteiger charge is 2.27. The van der Waals surface area contributed by atoms with Crippen molar-refractivity contribution in [3.05, 3.63) is 65.2 Å². The van der Waals surface area contributed by atoms with E-state index in [0.29, 0.717) is 5.02 Å². The van der Waals surface area contributed by atoms with Gasteiger partial charge in [0.1, 0.15) is 5.75 Å². The molecule has 0 fully saturated rings. The van der Waals surface area contributed by atoms with Crippen LogP contribution >= 0.6 is 11.6 Å². The van der Waals surface area contributed by atoms with E-state index in [-0.39, 0.29) is 17.5 Å². The van der Waals surface area contributed by atoms with Crippen molar-refractivity contribution < 1.29 is 13.2 Å². The van der Waals surface area contributed by atoms with Gasteiger partial charge in [-0.25, -0.2) is 8.42 Å². The predicted molar refractivity (Wildman–Crippen MR) is 107 cm³/mol. The Hall–Kier alpha value is -1.82. The molecule has 26 heavy (non-hydrogen) atoms. The second-order valence-corrected chi connectivity index (χ2v) is 8.26. The first-order chi connectivity index (χ1) is 12.4. The van der Waals surface area contributed by atoms with Crippen LogP contribution in [0.3, 0.4) is 0 Å². The molecule has 2 aromatic rings. The Bertz CT molecular complexity index is 848. The van der Waals surface area contributed by atoms with Crippen molar-refractivity contribution in [2.45, 2.75) is 31.2 Å². The SMILES string of the molecule is CCC(C)N(C/C=C/c1ccccc1OC)S(=O)(=O)c1ccc(Cl)cc1. The lowest BCUT2D eigenvalue weighted by atomic mass is 10.2. The van der Waals surface area contributed by atoms with Gasteiger partial charge in [0.2, 0.25) is 10.0 Å². The highest BCUT2D eigenvalue weighted by Crippen LogP contribution is 2.23. The molecule has 4 nitrogen and oxygen atoms in total. The van der Waals surface area contributed by atoms with Gasteiger partial charge in [-0.15, -0.1) is 0 Å². The van der Waals surface area contributed by atoms with Crippen molar-refractivity contribution in [2.24, 2.45) is 0 Å². The number of rotatable bonds is 8. The number of para-hydroxylation sites is 1. The molecular formula is C20H24ClNO3S. The molecule has 0 saturated heterocycles. The Morgan fingerprint density at radius 2 is 1.81 bits per heavy atom. The Labute approximate surface area is 161 Å². The predicted octanol–water partition coefficient (Wildman–Crippen LogP) is 4.85. The molecule has 140 valence electrons. The molecule has 2 rings (SSSR count). The van der Waals surface area contributed by atoms with Crippen LogP contribution in [0, 0.1) is 0 Å². The van der Waals surface area contributed by atoms with E-state index in [4.69, 9.17) is 16.3 Å². The van der Waals surface area contributed by atoms with E-state index >= 15 is 0 Å². The van der Waals surface area contributed by atoms with E-state index in [1.807, 2.05) is 50.3 Å². The summed E-state index contributed by atoms with van der Waals surface area (Å²) in [7, 11) is -1.99. The Kier molecular flexibility index (Phi) is 7.26. The molecule has 0 spiro atoms. The number of sulfonamides is 1. The van der Waals surface area contributed by atoms with Gasteiger partial charge >= 0.3 is 0 Å². The van der Waals surface area contributed by atoms with Gasteiger partial charge in [0.15, 0.2) is 0 Å². The molecule has 0 saturated carbocycles. The van der Waals surface area contributed by atoms with Crippen LogP contribution in [-0.2, 0) is 10.0 Å². The van der Waals surface area contributed by atoms with Gasteiger partial charge in [-0.1, -0.05) is 48.9 Å². The minimum atomic E-state index is -3.61. The molecule has 0 amide bonds. The number of hydrogen-bond acceptors (Lipinski definition) is 3. The van der Waals surface area contributed by atoms with Crippen LogP contribution < -0.4 is 4.74 Å². The Morgan fingerprint density at radius 1 is 1.15 bits per heavy atom. The first-order valence-electron chi connectivity index (χ1n) is 8.47. The van der Waals surface area contributed by atoms with Crippen molar-refractivity contribution in [1.82, 2.24) is 4.31 Å². The summed E-state index contributed by atoms with van der Waals surface area (Å²) in [4.78, 5) is 0.243. The normalized spacial score (nSPS) is 13.3. The van der Waals surface area contributed by atoms with E-state index in [1.165, 1.54) is 16.4 Å². The molecule has 1 atom stereocenters. The smallest absolute Gasteiger partial charge is 0.243 e. The first-order valence-corrected chi connectivity index (χ1v) is 10.3. The third-order valence-corrected chi connectivity index (χ3v) is 6.47. The summed E-state index contributed by atoms with van der Waals surface area (Å²) in [5.74, 6) is 0.749. The van der Waals surface area contributed by atoms with Crippen molar-refractivity contribution in [1.29, 1.82) is 0 Å². The quantitative estimate of drug-likeness (QED) is 0.643. The van der Waals surface area contributed by atoms with E-state index in [0.717, 1.165) is 17.7 Å². The third kappa shape index (κ3) is 4.87. The van der Waals surface area contributed by atoms with Crippen LogP contribution in [0.1, 0.15) is 25.8 Å². The number of methoxy groups -OCH3 is 1. The maximum Gasteiger partial charge on any atom is 0.243 e. The average molecular weight is 394 g/mol. The monoisotopic (exact) mass is 393 g/mol. The van der Waals surface area contributed by atoms with Crippen molar-refractivity contribution in [3.63, 3.8) is 0 Å². The van der Waals surface area contributed by atoms with Crippen LogP contribution in [0.5, 0.6) is 5.75 Å². The summed E-state index contributed by atoms with van der Waals surface area (Å²) in [6.07, 6.45) is 4.44. The second kappa shape index (κ2) is 9.21. The molecule has 0 bridgehead atoms. The third-order valence-electron chi connectivity index (χ3n) is 4.22. The second-order valence-electron chi connectivity index (χ2n) is 5.93. The number of benzene rings is 2. The molecule has 1 unspecified atom stereocenters. The fraction of sp³-hybridized carbons (Fsp3) is 0.300. The number of ether oxygens (including phenoxy) is 1. The topological polar surface area (TPSA) is 46.6 Å². The van der Waals surface area contributed by atoms with Gasteiger partial charge in [0, 0.05) is 23.2 Å². The lowest BCUT2D eigenvalue weighted by Crippen LogP contribution is -2.38. The molecule has 0 aliphatic heterocycles. The van der Waals surface area contributed by atoms with Crippen LogP contribution in [0.4, 0.5) is 0 Å². The molecule has 0 heterocycles. The molecule has 0 aliphatic rings. The Balaban J connectivity index is 2.27. The molecule has 2 aromatic carbocycles. The zero-order valence-corrected chi connectivity index (χ0v) is 16.8. The van der Waals surface area contributed by atoms with Crippen molar-refractivity contribution in [3.8, 4) is 5.75 Å². The zero-order valence-electron chi connectivity index (χ0n) is 15.2. The van der Waals surface area contributed by atoms with Crippen molar-refractivity contribution >= 4 is 27.7 Å². The average Bonchev–Trinajstić information content (AvgIpc) is 2.65. The van der Waals surface area contributed by atoms with E-state index in [1.54, 1.807) is 19.2 Å². The molecule has 0 aliphatic carbocycles. The van der Waals surface area contributed by atoms with E-state index in [9.17, 15) is 8.42 Å². The summed E-state index contributed by atoms with van der Waals surface area (Å²) in [5, 5.41) is 0.509. The van der Waals surface area contributed by atoms with Gasteiger partial charge < -0.3 is 4.74 Å². The summed E-state index contributed by atoms with van der Waals surface area (Å²) in [6.45, 7) is 4.15. The summed E-state index contributed by atoms with van der Waals surface area (Å²) < 4.78 is 32.9. The maximum absolute atomic E-state index is 13.0. The van der Waals surface area contributed by atoms with Gasteiger partial charge in [0.05, 0.1) is 12.0 Å². The highest BCUT2D eigenvalue weighted by atomic mass is 35.5. The molecule has 6 heteroatoms. The fourth-order valence-electron chi connectivity index (χ4n) is 2.55. The molecule has 0 aromatic heterocycles. The largest absolute Gasteiger partial charge is 0.496 e. The fourth-order valence-corrected chi connectivity index (χ4v) is 4.33. The van der Waals surface area contributed by atoms with Gasteiger partial charge in [-0.2, -0.15) is 4.31 Å². The summed E-state index contributed by atoms with van der Waals surface area (Å²) in [5.41, 5.74) is 0.906.